The van der Waals surface area contributed by atoms with Crippen LogP contribution in [0, 0.1) is 11.3 Å². The van der Waals surface area contributed by atoms with E-state index in [4.69, 9.17) is 5.73 Å². The summed E-state index contributed by atoms with van der Waals surface area (Å²) in [4.78, 5) is 15.1. The van der Waals surface area contributed by atoms with Crippen LogP contribution in [0.3, 0.4) is 0 Å². The highest BCUT2D eigenvalue weighted by Crippen LogP contribution is 2.38. The average molecular weight is 383 g/mol. The number of aryl methyl sites for hydroxylation is 2. The number of nitrogens with zero attached hydrogens (tertiary/aromatic N) is 2. The first-order valence-corrected chi connectivity index (χ1v) is 10.1. The van der Waals surface area contributed by atoms with Crippen molar-refractivity contribution in [3.8, 4) is 6.07 Å². The standard InChI is InChI=1S/C23H34N4O/c1-7-16-10-9-11-17(8-2)20(16)26-21(28)18(14-24)15-27-22(3,4)12-19(25)13-23(27,5)6/h9-11,15,19H,7-8,12-13,25H2,1-6H3,(H,26,28)/b18-15-. The fourth-order valence-corrected chi connectivity index (χ4v) is 4.57. The minimum Gasteiger partial charge on any atom is -0.366 e. The predicted octanol–water partition coefficient (Wildman–Crippen LogP) is 4.14. The predicted molar refractivity (Wildman–Crippen MR) is 115 cm³/mol. The van der Waals surface area contributed by atoms with Gasteiger partial charge in [-0.05, 0) is 64.5 Å². The zero-order chi connectivity index (χ0) is 21.1. The van der Waals surface area contributed by atoms with Gasteiger partial charge < -0.3 is 16.0 Å². The topological polar surface area (TPSA) is 82.2 Å². The molecule has 3 N–H and O–H groups in total. The largest absolute Gasteiger partial charge is 0.366 e. The van der Waals surface area contributed by atoms with E-state index in [0.717, 1.165) is 42.5 Å². The van der Waals surface area contributed by atoms with Crippen molar-refractivity contribution in [3.05, 3.63) is 41.1 Å². The molecule has 28 heavy (non-hydrogen) atoms. The van der Waals surface area contributed by atoms with Gasteiger partial charge >= 0.3 is 0 Å². The summed E-state index contributed by atoms with van der Waals surface area (Å²) in [6.45, 7) is 12.6. The van der Waals surface area contributed by atoms with Crippen molar-refractivity contribution in [1.29, 1.82) is 5.26 Å². The van der Waals surface area contributed by atoms with Crippen LogP contribution in [0.15, 0.2) is 30.0 Å². The first-order valence-electron chi connectivity index (χ1n) is 10.1. The molecule has 1 heterocycles. The summed E-state index contributed by atoms with van der Waals surface area (Å²) >= 11 is 0. The molecule has 0 atom stereocenters. The number of carbonyl (C=O) groups is 1. The molecule has 1 aliphatic heterocycles. The number of rotatable bonds is 5. The summed E-state index contributed by atoms with van der Waals surface area (Å²) in [6, 6.07) is 8.26. The van der Waals surface area contributed by atoms with E-state index in [1.807, 2.05) is 18.2 Å². The lowest BCUT2D eigenvalue weighted by Gasteiger charge is -2.54. The maximum absolute atomic E-state index is 13.0. The Morgan fingerprint density at radius 1 is 1.21 bits per heavy atom. The van der Waals surface area contributed by atoms with Gasteiger partial charge in [-0.2, -0.15) is 5.26 Å². The zero-order valence-electron chi connectivity index (χ0n) is 18.1. The highest BCUT2D eigenvalue weighted by Gasteiger charge is 2.43. The highest BCUT2D eigenvalue weighted by atomic mass is 16.1. The second kappa shape index (κ2) is 8.36. The summed E-state index contributed by atoms with van der Waals surface area (Å²) in [7, 11) is 0. The lowest BCUT2D eigenvalue weighted by Crippen LogP contribution is -2.61. The molecule has 1 aromatic rings. The fourth-order valence-electron chi connectivity index (χ4n) is 4.57. The average Bonchev–Trinajstić information content (AvgIpc) is 2.59. The van der Waals surface area contributed by atoms with Crippen molar-refractivity contribution < 1.29 is 4.79 Å². The Hall–Kier alpha value is -2.32. The number of carbonyl (C=O) groups excluding carboxylic acids is 1. The number of benzene rings is 1. The number of para-hydroxylation sites is 1. The normalized spacial score (nSPS) is 19.2. The maximum Gasteiger partial charge on any atom is 0.267 e. The quantitative estimate of drug-likeness (QED) is 0.592. The third-order valence-electron chi connectivity index (χ3n) is 5.69. The molecule has 5 heteroatoms. The molecule has 1 saturated heterocycles. The molecule has 1 aromatic carbocycles. The van der Waals surface area contributed by atoms with Gasteiger partial charge in [0.15, 0.2) is 0 Å². The second-order valence-corrected chi connectivity index (χ2v) is 8.93. The summed E-state index contributed by atoms with van der Waals surface area (Å²) in [6.07, 6.45) is 4.98. The summed E-state index contributed by atoms with van der Waals surface area (Å²) in [5, 5.41) is 12.7. The van der Waals surface area contributed by atoms with Gasteiger partial charge in [-0.25, -0.2) is 0 Å². The molecule has 0 bridgehead atoms. The first kappa shape index (κ1) is 22.0. The zero-order valence-corrected chi connectivity index (χ0v) is 18.1. The molecular weight excluding hydrogens is 348 g/mol. The molecule has 0 aliphatic carbocycles. The van der Waals surface area contributed by atoms with Gasteiger partial charge in [-0.1, -0.05) is 32.0 Å². The van der Waals surface area contributed by atoms with E-state index in [1.54, 1.807) is 6.20 Å². The van der Waals surface area contributed by atoms with Crippen LogP contribution in [0.5, 0.6) is 0 Å². The Bertz CT molecular complexity index is 761. The molecule has 5 nitrogen and oxygen atoms in total. The molecule has 152 valence electrons. The SMILES string of the molecule is CCc1cccc(CC)c1NC(=O)/C(C#N)=C\N1C(C)(C)CC(N)CC1(C)C. The van der Waals surface area contributed by atoms with Crippen LogP contribution < -0.4 is 11.1 Å². The Morgan fingerprint density at radius 2 is 1.71 bits per heavy atom. The van der Waals surface area contributed by atoms with Gasteiger partial charge in [0.05, 0.1) is 0 Å². The Balaban J connectivity index is 2.38. The second-order valence-electron chi connectivity index (χ2n) is 8.93. The fraction of sp³-hybridized carbons (Fsp3) is 0.565. The molecule has 0 spiro atoms. The number of amides is 1. The molecule has 2 rings (SSSR count). The van der Waals surface area contributed by atoms with Gasteiger partial charge in [0.25, 0.3) is 5.91 Å². The van der Waals surface area contributed by atoms with Crippen LogP contribution in [0.2, 0.25) is 0 Å². The first-order chi connectivity index (χ1) is 13.1. The van der Waals surface area contributed by atoms with Gasteiger partial charge in [0, 0.05) is 29.0 Å². The minimum atomic E-state index is -0.362. The van der Waals surface area contributed by atoms with E-state index in [0.29, 0.717) is 0 Å². The van der Waals surface area contributed by atoms with Crippen LogP contribution in [0.25, 0.3) is 0 Å². The number of hydrogen-bond acceptors (Lipinski definition) is 4. The third-order valence-corrected chi connectivity index (χ3v) is 5.69. The summed E-state index contributed by atoms with van der Waals surface area (Å²) in [5.74, 6) is -0.362. The summed E-state index contributed by atoms with van der Waals surface area (Å²) in [5.41, 5.74) is 8.88. The molecule has 0 saturated carbocycles. The van der Waals surface area contributed by atoms with Crippen LogP contribution >= 0.6 is 0 Å². The van der Waals surface area contributed by atoms with E-state index in [-0.39, 0.29) is 28.6 Å². The number of piperidine rings is 1. The number of nitrogens with one attached hydrogen (secondary N) is 1. The van der Waals surface area contributed by atoms with Gasteiger partial charge in [-0.3, -0.25) is 4.79 Å². The molecule has 1 aliphatic rings. The van der Waals surface area contributed by atoms with E-state index in [1.165, 1.54) is 0 Å². The van der Waals surface area contributed by atoms with Crippen molar-refractivity contribution in [1.82, 2.24) is 4.90 Å². The van der Waals surface area contributed by atoms with E-state index < -0.39 is 0 Å². The number of hydrogen-bond donors (Lipinski definition) is 2. The van der Waals surface area contributed by atoms with Gasteiger partial charge in [0.1, 0.15) is 11.6 Å². The number of nitrogens with two attached hydrogens (primary N) is 1. The van der Waals surface area contributed by atoms with E-state index in [9.17, 15) is 10.1 Å². The van der Waals surface area contributed by atoms with Crippen molar-refractivity contribution >= 4 is 11.6 Å². The van der Waals surface area contributed by atoms with Gasteiger partial charge in [0.2, 0.25) is 0 Å². The molecular formula is C23H34N4O. The number of nitriles is 1. The van der Waals surface area contributed by atoms with Crippen LogP contribution in [-0.4, -0.2) is 27.9 Å². The maximum atomic E-state index is 13.0. The van der Waals surface area contributed by atoms with Crippen molar-refractivity contribution in [2.45, 2.75) is 84.3 Å². The van der Waals surface area contributed by atoms with Crippen LogP contribution in [0.1, 0.15) is 65.5 Å². The minimum absolute atomic E-state index is 0.109. The smallest absolute Gasteiger partial charge is 0.267 e. The van der Waals surface area contributed by atoms with E-state index in [2.05, 4.69) is 57.8 Å². The van der Waals surface area contributed by atoms with Crippen molar-refractivity contribution in [2.24, 2.45) is 5.73 Å². The lowest BCUT2D eigenvalue weighted by molar-refractivity contribution is -0.112. The van der Waals surface area contributed by atoms with Crippen molar-refractivity contribution in [2.75, 3.05) is 5.32 Å². The Labute approximate surface area is 169 Å². The molecule has 0 aromatic heterocycles. The number of anilines is 1. The van der Waals surface area contributed by atoms with Crippen molar-refractivity contribution in [3.63, 3.8) is 0 Å². The highest BCUT2D eigenvalue weighted by molar-refractivity contribution is 6.07. The Morgan fingerprint density at radius 3 is 2.14 bits per heavy atom. The molecule has 0 unspecified atom stereocenters. The lowest BCUT2D eigenvalue weighted by atomic mass is 9.77. The van der Waals surface area contributed by atoms with Gasteiger partial charge in [-0.15, -0.1) is 0 Å². The number of likely N-dealkylation sites (tertiary alicyclic amines) is 1. The molecule has 0 radical (unpaired) electrons. The van der Waals surface area contributed by atoms with Crippen LogP contribution in [0.4, 0.5) is 5.69 Å². The van der Waals surface area contributed by atoms with Crippen LogP contribution in [-0.2, 0) is 17.6 Å². The van der Waals surface area contributed by atoms with E-state index >= 15 is 0 Å². The summed E-state index contributed by atoms with van der Waals surface area (Å²) < 4.78 is 0. The Kier molecular flexibility index (Phi) is 6.56. The monoisotopic (exact) mass is 382 g/mol. The third kappa shape index (κ3) is 4.56. The molecule has 1 fully saturated rings. The molecule has 1 amide bonds.